The Hall–Kier alpha value is -5.73. The zero-order valence-electron chi connectivity index (χ0n) is 23.9. The molecule has 9 rings (SSSR count). The van der Waals surface area contributed by atoms with Gasteiger partial charge in [-0.05, 0) is 63.2 Å². The fourth-order valence-electron chi connectivity index (χ4n) is 7.42. The second-order valence-corrected chi connectivity index (χ2v) is 11.5. The third-order valence-corrected chi connectivity index (χ3v) is 9.25. The standard InChI is InChI=1S/C42H27NO/c1-2-13-28(14-3-1)42(37-20-8-10-22-39(37)44-40-23-11-9-21-38(40)42)29-24-25-33-31-16-6-7-18-34(31)41-35(19-12-26-43-41)30-15-4-5-17-32(30)36(33)27-29/h1-27H. The SMILES string of the molecule is c1ccc(C2(c3ccc4c(c3)-c3ccccc3-c3cccnc3-c3ccccc3-4)c3ccccc3Oc3ccccc32)cc1. The maximum Gasteiger partial charge on any atom is 0.132 e. The van der Waals surface area contributed by atoms with Gasteiger partial charge in [-0.25, -0.2) is 0 Å². The van der Waals surface area contributed by atoms with Crippen molar-refractivity contribution in [1.82, 2.24) is 4.98 Å². The summed E-state index contributed by atoms with van der Waals surface area (Å²) in [6.45, 7) is 0. The minimum Gasteiger partial charge on any atom is -0.457 e. The second kappa shape index (κ2) is 9.65. The highest BCUT2D eigenvalue weighted by Crippen LogP contribution is 2.56. The molecule has 1 aromatic heterocycles. The molecule has 0 spiro atoms. The van der Waals surface area contributed by atoms with E-state index in [1.165, 1.54) is 38.9 Å². The van der Waals surface area contributed by atoms with Crippen molar-refractivity contribution in [3.8, 4) is 56.1 Å². The number of ether oxygens (including phenoxy) is 1. The summed E-state index contributed by atoms with van der Waals surface area (Å²) >= 11 is 0. The van der Waals surface area contributed by atoms with E-state index in [0.717, 1.165) is 39.4 Å². The number of hydrogen-bond acceptors (Lipinski definition) is 2. The number of aromatic nitrogens is 1. The highest BCUT2D eigenvalue weighted by molar-refractivity contribution is 6.02. The highest BCUT2D eigenvalue weighted by atomic mass is 16.5. The lowest BCUT2D eigenvalue weighted by Crippen LogP contribution is -2.34. The first-order valence-corrected chi connectivity index (χ1v) is 15.1. The molecule has 0 radical (unpaired) electrons. The fourth-order valence-corrected chi connectivity index (χ4v) is 7.42. The van der Waals surface area contributed by atoms with E-state index in [0.29, 0.717) is 0 Å². The van der Waals surface area contributed by atoms with Crippen molar-refractivity contribution in [3.63, 3.8) is 0 Å². The summed E-state index contributed by atoms with van der Waals surface area (Å²) in [6, 6.07) is 56.6. The molecule has 0 unspecified atom stereocenters. The number of para-hydroxylation sites is 2. The van der Waals surface area contributed by atoms with E-state index in [1.54, 1.807) is 0 Å². The van der Waals surface area contributed by atoms with Crippen molar-refractivity contribution >= 4 is 0 Å². The number of benzene rings is 6. The van der Waals surface area contributed by atoms with E-state index in [4.69, 9.17) is 9.72 Å². The molecule has 44 heavy (non-hydrogen) atoms. The smallest absolute Gasteiger partial charge is 0.132 e. The topological polar surface area (TPSA) is 22.1 Å². The van der Waals surface area contributed by atoms with Gasteiger partial charge in [0.2, 0.25) is 0 Å². The quantitative estimate of drug-likeness (QED) is 0.209. The molecule has 7 aromatic rings. The predicted octanol–water partition coefficient (Wildman–Crippen LogP) is 10.6. The molecule has 0 saturated heterocycles. The molecule has 1 aliphatic heterocycles. The lowest BCUT2D eigenvalue weighted by Gasteiger charge is -2.42. The number of hydrogen-bond donors (Lipinski definition) is 0. The Morgan fingerprint density at radius 2 is 0.909 bits per heavy atom. The van der Waals surface area contributed by atoms with Crippen LogP contribution in [0.25, 0.3) is 44.6 Å². The lowest BCUT2D eigenvalue weighted by molar-refractivity contribution is 0.434. The molecule has 206 valence electrons. The number of rotatable bonds is 2. The first kappa shape index (κ1) is 24.8. The van der Waals surface area contributed by atoms with Crippen LogP contribution in [0, 0.1) is 0 Å². The molecule has 2 heterocycles. The third kappa shape index (κ3) is 3.46. The zero-order chi connectivity index (χ0) is 29.1. The average molecular weight is 562 g/mol. The summed E-state index contributed by atoms with van der Waals surface area (Å²) in [7, 11) is 0. The monoisotopic (exact) mass is 561 g/mol. The van der Waals surface area contributed by atoms with Crippen LogP contribution in [-0.4, -0.2) is 4.98 Å². The van der Waals surface area contributed by atoms with Gasteiger partial charge in [0, 0.05) is 28.5 Å². The lowest BCUT2D eigenvalue weighted by atomic mass is 9.63. The van der Waals surface area contributed by atoms with Crippen molar-refractivity contribution in [2.24, 2.45) is 0 Å². The summed E-state index contributed by atoms with van der Waals surface area (Å²) in [5, 5.41) is 0. The minimum absolute atomic E-state index is 0.585. The molecule has 0 bridgehead atoms. The maximum atomic E-state index is 6.56. The van der Waals surface area contributed by atoms with Gasteiger partial charge in [0.1, 0.15) is 11.5 Å². The Balaban J connectivity index is 1.43. The van der Waals surface area contributed by atoms with Crippen LogP contribution < -0.4 is 4.74 Å². The summed E-state index contributed by atoms with van der Waals surface area (Å²) in [4.78, 5) is 4.91. The number of nitrogens with zero attached hydrogens (tertiary/aromatic N) is 1. The Labute approximate surface area is 256 Å². The van der Waals surface area contributed by atoms with Crippen LogP contribution in [0.1, 0.15) is 22.3 Å². The molecule has 6 aromatic carbocycles. The molecule has 0 amide bonds. The molecule has 0 N–H and O–H groups in total. The molecule has 2 aliphatic rings. The third-order valence-electron chi connectivity index (χ3n) is 9.25. The normalized spacial score (nSPS) is 13.4. The molecule has 2 nitrogen and oxygen atoms in total. The van der Waals surface area contributed by atoms with Gasteiger partial charge in [-0.1, -0.05) is 133 Å². The molecule has 2 heteroatoms. The largest absolute Gasteiger partial charge is 0.457 e. The van der Waals surface area contributed by atoms with Crippen LogP contribution in [0.2, 0.25) is 0 Å². The molecular weight excluding hydrogens is 534 g/mol. The van der Waals surface area contributed by atoms with Gasteiger partial charge in [-0.2, -0.15) is 0 Å². The van der Waals surface area contributed by atoms with Gasteiger partial charge in [0.25, 0.3) is 0 Å². The van der Waals surface area contributed by atoms with Gasteiger partial charge in [0.05, 0.1) is 11.1 Å². The Morgan fingerprint density at radius 1 is 0.386 bits per heavy atom. The van der Waals surface area contributed by atoms with Crippen LogP contribution in [0.4, 0.5) is 0 Å². The van der Waals surface area contributed by atoms with Crippen molar-refractivity contribution in [1.29, 1.82) is 0 Å². The van der Waals surface area contributed by atoms with E-state index in [1.807, 2.05) is 12.3 Å². The van der Waals surface area contributed by atoms with Crippen molar-refractivity contribution in [3.05, 3.63) is 186 Å². The van der Waals surface area contributed by atoms with Crippen molar-refractivity contribution in [2.45, 2.75) is 5.41 Å². The number of fused-ring (bicyclic) bond motifs is 10. The van der Waals surface area contributed by atoms with Crippen molar-refractivity contribution < 1.29 is 4.74 Å². The van der Waals surface area contributed by atoms with Crippen molar-refractivity contribution in [2.75, 3.05) is 0 Å². The van der Waals surface area contributed by atoms with Crippen LogP contribution in [-0.2, 0) is 5.41 Å². The molecule has 0 saturated carbocycles. The van der Waals surface area contributed by atoms with Gasteiger partial charge in [-0.15, -0.1) is 0 Å². The summed E-state index contributed by atoms with van der Waals surface area (Å²) in [6.07, 6.45) is 1.90. The maximum absolute atomic E-state index is 6.56. The second-order valence-electron chi connectivity index (χ2n) is 11.5. The minimum atomic E-state index is -0.585. The van der Waals surface area contributed by atoms with E-state index in [2.05, 4.69) is 152 Å². The zero-order valence-corrected chi connectivity index (χ0v) is 23.9. The van der Waals surface area contributed by atoms with Gasteiger partial charge < -0.3 is 4.74 Å². The summed E-state index contributed by atoms with van der Waals surface area (Å²) in [5.41, 5.74) is 13.4. The van der Waals surface area contributed by atoms with Gasteiger partial charge in [0.15, 0.2) is 0 Å². The van der Waals surface area contributed by atoms with E-state index in [-0.39, 0.29) is 0 Å². The summed E-state index contributed by atoms with van der Waals surface area (Å²) < 4.78 is 6.56. The summed E-state index contributed by atoms with van der Waals surface area (Å²) in [5.74, 6) is 1.76. The highest BCUT2D eigenvalue weighted by Gasteiger charge is 2.45. The Bertz CT molecular complexity index is 2160. The predicted molar refractivity (Wildman–Crippen MR) is 178 cm³/mol. The van der Waals surface area contributed by atoms with Crippen LogP contribution in [0.5, 0.6) is 11.5 Å². The van der Waals surface area contributed by atoms with Crippen LogP contribution >= 0.6 is 0 Å². The molecule has 0 fully saturated rings. The average Bonchev–Trinajstić information content (AvgIpc) is 3.10. The van der Waals surface area contributed by atoms with Crippen LogP contribution in [0.15, 0.2) is 164 Å². The molecular formula is C42H27NO. The van der Waals surface area contributed by atoms with E-state index < -0.39 is 5.41 Å². The fraction of sp³-hybridized carbons (Fsp3) is 0.0238. The van der Waals surface area contributed by atoms with E-state index in [9.17, 15) is 0 Å². The van der Waals surface area contributed by atoms with Gasteiger partial charge in [-0.3, -0.25) is 4.98 Å². The first-order chi connectivity index (χ1) is 21.8. The molecule has 0 atom stereocenters. The Kier molecular flexibility index (Phi) is 5.45. The van der Waals surface area contributed by atoms with Gasteiger partial charge >= 0.3 is 0 Å². The number of pyridine rings is 1. The van der Waals surface area contributed by atoms with Crippen LogP contribution in [0.3, 0.4) is 0 Å². The van der Waals surface area contributed by atoms with E-state index >= 15 is 0 Å². The first-order valence-electron chi connectivity index (χ1n) is 15.1. The Morgan fingerprint density at radius 3 is 1.61 bits per heavy atom. The molecule has 1 aliphatic carbocycles.